The fourth-order valence-electron chi connectivity index (χ4n) is 5.20. The molecule has 0 unspecified atom stereocenters. The quantitative estimate of drug-likeness (QED) is 0.226. The van der Waals surface area contributed by atoms with Crippen molar-refractivity contribution in [2.24, 2.45) is 5.41 Å². The minimum absolute atomic E-state index is 0.0576. The molecule has 228 valence electrons. The number of amides is 3. The van der Waals surface area contributed by atoms with Crippen molar-refractivity contribution < 1.29 is 23.5 Å². The van der Waals surface area contributed by atoms with Gasteiger partial charge < -0.3 is 19.4 Å². The standard InChI is InChI=1S/C33H40FN5O4/c1-6-39-28-13-12-25(22-29(28)37(5)31(41)33(2,3)32(39)42)43-21-9-18-38(23-24-14-16-35-17-15-24)20-19-36(4)30(40)26-10-7-8-11-27(26)34/h7-8,10-17,22H,6,9,18-21,23H2,1-5H3. The largest absolute Gasteiger partial charge is 0.493 e. The van der Waals surface area contributed by atoms with Crippen molar-refractivity contribution in [3.8, 4) is 5.75 Å². The first-order chi connectivity index (χ1) is 20.5. The van der Waals surface area contributed by atoms with Gasteiger partial charge in [0.25, 0.3) is 5.91 Å². The highest BCUT2D eigenvalue weighted by Gasteiger charge is 2.45. The molecule has 0 spiro atoms. The Kier molecular flexibility index (Phi) is 10.1. The highest BCUT2D eigenvalue weighted by molar-refractivity contribution is 6.20. The molecular weight excluding hydrogens is 549 g/mol. The SMILES string of the molecule is CCN1C(=O)C(C)(C)C(=O)N(C)c2cc(OCCCN(CCN(C)C(=O)c3ccccc3F)Cc3ccncc3)ccc21. The molecule has 1 aliphatic heterocycles. The van der Waals surface area contributed by atoms with Crippen LogP contribution in [0, 0.1) is 11.2 Å². The Labute approximate surface area is 252 Å². The van der Waals surface area contributed by atoms with Crippen LogP contribution in [0.4, 0.5) is 15.8 Å². The van der Waals surface area contributed by atoms with Gasteiger partial charge in [-0.1, -0.05) is 12.1 Å². The number of halogens is 1. The van der Waals surface area contributed by atoms with Gasteiger partial charge in [-0.2, -0.15) is 0 Å². The van der Waals surface area contributed by atoms with E-state index in [1.165, 1.54) is 21.9 Å². The third-order valence-corrected chi connectivity index (χ3v) is 7.78. The lowest BCUT2D eigenvalue weighted by atomic mass is 9.90. The van der Waals surface area contributed by atoms with E-state index < -0.39 is 11.2 Å². The number of fused-ring (bicyclic) bond motifs is 1. The van der Waals surface area contributed by atoms with Crippen LogP contribution in [0.1, 0.15) is 43.1 Å². The summed E-state index contributed by atoms with van der Waals surface area (Å²) in [5, 5.41) is 0. The summed E-state index contributed by atoms with van der Waals surface area (Å²) in [6.45, 7) is 8.45. The number of carbonyl (C=O) groups is 3. The molecule has 43 heavy (non-hydrogen) atoms. The number of likely N-dealkylation sites (N-methyl/N-ethyl adjacent to an activating group) is 1. The van der Waals surface area contributed by atoms with Crippen molar-refractivity contribution in [2.75, 3.05) is 56.7 Å². The van der Waals surface area contributed by atoms with E-state index in [4.69, 9.17) is 4.74 Å². The second-order valence-corrected chi connectivity index (χ2v) is 11.2. The van der Waals surface area contributed by atoms with Gasteiger partial charge >= 0.3 is 0 Å². The number of ether oxygens (including phenoxy) is 1. The lowest BCUT2D eigenvalue weighted by molar-refractivity contribution is -0.137. The number of carbonyl (C=O) groups excluding carboxylic acids is 3. The van der Waals surface area contributed by atoms with Crippen molar-refractivity contribution in [3.63, 3.8) is 0 Å². The molecule has 0 saturated carbocycles. The number of benzene rings is 2. The molecule has 0 radical (unpaired) electrons. The average molecular weight is 590 g/mol. The molecule has 2 heterocycles. The first-order valence-corrected chi connectivity index (χ1v) is 14.5. The van der Waals surface area contributed by atoms with Crippen LogP contribution in [0.2, 0.25) is 0 Å². The van der Waals surface area contributed by atoms with Crippen molar-refractivity contribution in [1.82, 2.24) is 14.8 Å². The molecule has 10 heteroatoms. The second kappa shape index (κ2) is 13.8. The summed E-state index contributed by atoms with van der Waals surface area (Å²) in [4.78, 5) is 50.1. The molecule has 0 aliphatic carbocycles. The average Bonchev–Trinajstić information content (AvgIpc) is 3.06. The van der Waals surface area contributed by atoms with Crippen molar-refractivity contribution in [2.45, 2.75) is 33.7 Å². The molecule has 1 aromatic heterocycles. The Morgan fingerprint density at radius 3 is 2.40 bits per heavy atom. The van der Waals surface area contributed by atoms with Crippen LogP contribution in [0.5, 0.6) is 5.75 Å². The predicted molar refractivity (Wildman–Crippen MR) is 165 cm³/mol. The molecule has 2 aromatic carbocycles. The van der Waals surface area contributed by atoms with Gasteiger partial charge in [0, 0.05) is 65.3 Å². The molecule has 0 atom stereocenters. The summed E-state index contributed by atoms with van der Waals surface area (Å²) < 4.78 is 20.3. The number of hydrogen-bond acceptors (Lipinski definition) is 6. The van der Waals surface area contributed by atoms with Gasteiger partial charge in [-0.05, 0) is 69.2 Å². The number of nitrogens with zero attached hydrogens (tertiary/aromatic N) is 5. The second-order valence-electron chi connectivity index (χ2n) is 11.2. The van der Waals surface area contributed by atoms with Crippen LogP contribution in [0.3, 0.4) is 0 Å². The fraction of sp³-hybridized carbons (Fsp3) is 0.394. The monoisotopic (exact) mass is 589 g/mol. The molecular formula is C33H40FN5O4. The van der Waals surface area contributed by atoms with Gasteiger partial charge in [0.1, 0.15) is 17.0 Å². The van der Waals surface area contributed by atoms with Crippen LogP contribution in [0.15, 0.2) is 67.0 Å². The Hall–Kier alpha value is -4.31. The molecule has 3 aromatic rings. The molecule has 3 amide bonds. The highest BCUT2D eigenvalue weighted by Crippen LogP contribution is 2.40. The highest BCUT2D eigenvalue weighted by atomic mass is 19.1. The summed E-state index contributed by atoms with van der Waals surface area (Å²) in [6, 6.07) is 15.4. The molecule has 0 saturated heterocycles. The van der Waals surface area contributed by atoms with Crippen LogP contribution >= 0.6 is 0 Å². The minimum atomic E-state index is -1.17. The van der Waals surface area contributed by atoms with Gasteiger partial charge in [0.15, 0.2) is 0 Å². The zero-order valence-electron chi connectivity index (χ0n) is 25.5. The number of anilines is 2. The molecule has 1 aliphatic rings. The number of aromatic nitrogens is 1. The van der Waals surface area contributed by atoms with Crippen molar-refractivity contribution in [1.29, 1.82) is 0 Å². The zero-order chi connectivity index (χ0) is 31.1. The molecule has 9 nitrogen and oxygen atoms in total. The summed E-state index contributed by atoms with van der Waals surface area (Å²) in [6.07, 6.45) is 4.20. The summed E-state index contributed by atoms with van der Waals surface area (Å²) >= 11 is 0. The zero-order valence-corrected chi connectivity index (χ0v) is 25.5. The minimum Gasteiger partial charge on any atom is -0.493 e. The Morgan fingerprint density at radius 1 is 0.977 bits per heavy atom. The van der Waals surface area contributed by atoms with Crippen LogP contribution in [0.25, 0.3) is 0 Å². The van der Waals surface area contributed by atoms with E-state index in [0.717, 1.165) is 5.56 Å². The van der Waals surface area contributed by atoms with E-state index in [2.05, 4.69) is 9.88 Å². The lowest BCUT2D eigenvalue weighted by Crippen LogP contribution is -2.47. The summed E-state index contributed by atoms with van der Waals surface area (Å²) in [7, 11) is 3.36. The van der Waals surface area contributed by atoms with E-state index in [0.29, 0.717) is 62.9 Å². The number of rotatable bonds is 12. The van der Waals surface area contributed by atoms with Crippen LogP contribution in [-0.2, 0) is 16.1 Å². The molecule has 4 rings (SSSR count). The lowest BCUT2D eigenvalue weighted by Gasteiger charge is -2.27. The van der Waals surface area contributed by atoms with Crippen molar-refractivity contribution in [3.05, 3.63) is 83.9 Å². The van der Waals surface area contributed by atoms with Gasteiger partial charge in [-0.3, -0.25) is 24.3 Å². The van der Waals surface area contributed by atoms with Crippen LogP contribution < -0.4 is 14.5 Å². The maximum absolute atomic E-state index is 14.2. The van der Waals surface area contributed by atoms with Gasteiger partial charge in [-0.25, -0.2) is 4.39 Å². The Balaban J connectivity index is 1.39. The third kappa shape index (κ3) is 7.19. The molecule has 0 N–H and O–H groups in total. The van der Waals surface area contributed by atoms with E-state index in [9.17, 15) is 18.8 Å². The Bertz CT molecular complexity index is 1450. The van der Waals surface area contributed by atoms with Gasteiger partial charge in [-0.15, -0.1) is 0 Å². The van der Waals surface area contributed by atoms with Crippen molar-refractivity contribution >= 4 is 29.1 Å². The van der Waals surface area contributed by atoms with E-state index in [1.807, 2.05) is 37.3 Å². The number of hydrogen-bond donors (Lipinski definition) is 0. The van der Waals surface area contributed by atoms with E-state index in [1.54, 1.807) is 57.4 Å². The summed E-state index contributed by atoms with van der Waals surface area (Å²) in [5.41, 5.74) is 1.29. The molecule has 0 bridgehead atoms. The Morgan fingerprint density at radius 2 is 1.70 bits per heavy atom. The van der Waals surface area contributed by atoms with Gasteiger partial charge in [0.2, 0.25) is 11.8 Å². The first kappa shape index (κ1) is 31.6. The molecule has 0 fully saturated rings. The van der Waals surface area contributed by atoms with Crippen LogP contribution in [-0.4, -0.2) is 79.4 Å². The van der Waals surface area contributed by atoms with E-state index in [-0.39, 0.29) is 23.3 Å². The fourth-order valence-corrected chi connectivity index (χ4v) is 5.20. The topological polar surface area (TPSA) is 86.3 Å². The maximum Gasteiger partial charge on any atom is 0.256 e. The van der Waals surface area contributed by atoms with Gasteiger partial charge in [0.05, 0.1) is 23.5 Å². The third-order valence-electron chi connectivity index (χ3n) is 7.78. The maximum atomic E-state index is 14.2. The normalized spacial score (nSPS) is 14.5. The summed E-state index contributed by atoms with van der Waals surface area (Å²) in [5.74, 6) is -0.774. The van der Waals surface area contributed by atoms with E-state index >= 15 is 0 Å². The smallest absolute Gasteiger partial charge is 0.256 e. The first-order valence-electron chi connectivity index (χ1n) is 14.5. The predicted octanol–water partition coefficient (Wildman–Crippen LogP) is 4.62. The number of pyridine rings is 1.